The number of nitrogens with zero attached hydrogens (tertiary/aromatic N) is 3. The average Bonchev–Trinajstić information content (AvgIpc) is 2.84. The number of alkyl halides is 1. The Bertz CT molecular complexity index is 880. The van der Waals surface area contributed by atoms with Gasteiger partial charge in [-0.05, 0) is 52.3 Å². The Kier molecular flexibility index (Phi) is 4.03. The van der Waals surface area contributed by atoms with Crippen LogP contribution in [0, 0.1) is 11.3 Å². The van der Waals surface area contributed by atoms with Gasteiger partial charge in [0.15, 0.2) is 0 Å². The van der Waals surface area contributed by atoms with Crippen molar-refractivity contribution in [2.24, 2.45) is 0 Å². The summed E-state index contributed by atoms with van der Waals surface area (Å²) in [6.45, 7) is 0. The number of benzene rings is 2. The van der Waals surface area contributed by atoms with Gasteiger partial charge in [-0.3, -0.25) is 4.57 Å². The highest BCUT2D eigenvalue weighted by atomic mass is 79.9. The molecule has 0 saturated heterocycles. The monoisotopic (exact) mass is 423 g/mol. The Balaban J connectivity index is 2.36. The van der Waals surface area contributed by atoms with E-state index in [9.17, 15) is 0 Å². The van der Waals surface area contributed by atoms with Gasteiger partial charge in [0.2, 0.25) is 0 Å². The van der Waals surface area contributed by atoms with E-state index in [1.54, 1.807) is 6.07 Å². The highest BCUT2D eigenvalue weighted by molar-refractivity contribution is 9.11. The van der Waals surface area contributed by atoms with Crippen molar-refractivity contribution in [3.8, 4) is 11.8 Å². The molecule has 0 unspecified atom stereocenters. The summed E-state index contributed by atoms with van der Waals surface area (Å²) in [5, 5.41) is 9.09. The highest BCUT2D eigenvalue weighted by Gasteiger charge is 2.14. The molecule has 0 aliphatic rings. The summed E-state index contributed by atoms with van der Waals surface area (Å²) in [6.07, 6.45) is 0. The maximum atomic E-state index is 9.09. The third-order valence-corrected chi connectivity index (χ3v) is 4.49. The first kappa shape index (κ1) is 14.6. The fourth-order valence-electron chi connectivity index (χ4n) is 2.22. The molecule has 0 saturated carbocycles. The fourth-order valence-corrected chi connectivity index (χ4v) is 3.62. The Morgan fingerprint density at radius 3 is 2.67 bits per heavy atom. The van der Waals surface area contributed by atoms with Crippen LogP contribution >= 0.6 is 43.5 Å². The normalized spacial score (nSPS) is 10.8. The minimum Gasteiger partial charge on any atom is -0.294 e. The van der Waals surface area contributed by atoms with Gasteiger partial charge < -0.3 is 0 Å². The molecule has 21 heavy (non-hydrogen) atoms. The van der Waals surface area contributed by atoms with Crippen LogP contribution in [-0.4, -0.2) is 9.55 Å². The largest absolute Gasteiger partial charge is 0.294 e. The quantitative estimate of drug-likeness (QED) is 0.532. The topological polar surface area (TPSA) is 41.6 Å². The lowest BCUT2D eigenvalue weighted by Gasteiger charge is -2.10. The number of fused-ring (bicyclic) bond motifs is 1. The summed E-state index contributed by atoms with van der Waals surface area (Å²) in [7, 11) is 0. The second-order valence-corrected chi connectivity index (χ2v) is 6.45. The lowest BCUT2D eigenvalue weighted by Crippen LogP contribution is -2.00. The Morgan fingerprint density at radius 1 is 1.19 bits per heavy atom. The van der Waals surface area contributed by atoms with Gasteiger partial charge in [0.25, 0.3) is 0 Å². The van der Waals surface area contributed by atoms with Crippen molar-refractivity contribution in [1.82, 2.24) is 9.55 Å². The fraction of sp³-hybridized carbons (Fsp3) is 0.0667. The predicted octanol–water partition coefficient (Wildman–Crippen LogP) is 5.16. The van der Waals surface area contributed by atoms with E-state index in [0.717, 1.165) is 31.5 Å². The molecule has 6 heteroatoms. The average molecular weight is 426 g/mol. The van der Waals surface area contributed by atoms with Crippen molar-refractivity contribution in [1.29, 1.82) is 5.26 Å². The van der Waals surface area contributed by atoms with Crippen molar-refractivity contribution >= 4 is 54.5 Å². The number of rotatable bonds is 2. The van der Waals surface area contributed by atoms with Crippen LogP contribution in [-0.2, 0) is 5.88 Å². The van der Waals surface area contributed by atoms with Crippen LogP contribution in [0.15, 0.2) is 45.3 Å². The summed E-state index contributed by atoms with van der Waals surface area (Å²) in [6, 6.07) is 13.5. The molecule has 0 atom stereocenters. The van der Waals surface area contributed by atoms with E-state index in [4.69, 9.17) is 16.9 Å². The molecule has 0 spiro atoms. The van der Waals surface area contributed by atoms with Gasteiger partial charge in [0.1, 0.15) is 5.82 Å². The molecule has 0 N–H and O–H groups in total. The molecule has 0 bridgehead atoms. The van der Waals surface area contributed by atoms with Crippen LogP contribution in [0.3, 0.4) is 0 Å². The summed E-state index contributed by atoms with van der Waals surface area (Å²) in [4.78, 5) is 4.54. The number of aromatic nitrogens is 2. The van der Waals surface area contributed by atoms with Gasteiger partial charge in [-0.15, -0.1) is 11.6 Å². The highest BCUT2D eigenvalue weighted by Crippen LogP contribution is 2.30. The van der Waals surface area contributed by atoms with E-state index in [1.165, 1.54) is 0 Å². The molecule has 3 rings (SSSR count). The minimum absolute atomic E-state index is 0.291. The van der Waals surface area contributed by atoms with E-state index in [2.05, 4.69) is 42.9 Å². The van der Waals surface area contributed by atoms with Crippen LogP contribution in [0.2, 0.25) is 0 Å². The molecule has 104 valence electrons. The van der Waals surface area contributed by atoms with E-state index in [-0.39, 0.29) is 0 Å². The first-order valence-corrected chi connectivity index (χ1v) is 8.19. The number of halogens is 3. The first-order chi connectivity index (χ1) is 10.1. The SMILES string of the molecule is N#Cc1ccc2nc(CCl)n(-c3ccc(Br)cc3Br)c2c1. The molecule has 0 aliphatic carbocycles. The summed E-state index contributed by atoms with van der Waals surface area (Å²) < 4.78 is 3.87. The van der Waals surface area contributed by atoms with Crippen molar-refractivity contribution in [2.75, 3.05) is 0 Å². The van der Waals surface area contributed by atoms with Gasteiger partial charge in [-0.1, -0.05) is 15.9 Å². The standard InChI is InChI=1S/C15H8Br2ClN3/c16-10-2-4-13(11(17)6-10)21-14-5-9(8-19)1-3-12(14)20-15(21)7-18/h1-6H,7H2. The van der Waals surface area contributed by atoms with Crippen LogP contribution < -0.4 is 0 Å². The van der Waals surface area contributed by atoms with Gasteiger partial charge in [0, 0.05) is 8.95 Å². The molecule has 1 aromatic heterocycles. The molecule has 2 aromatic carbocycles. The Hall–Kier alpha value is -1.35. The number of hydrogen-bond donors (Lipinski definition) is 0. The minimum atomic E-state index is 0.291. The lowest BCUT2D eigenvalue weighted by molar-refractivity contribution is 0.976. The number of imidazole rings is 1. The molecule has 1 heterocycles. The molecule has 0 fully saturated rings. The third kappa shape index (κ3) is 2.59. The van der Waals surface area contributed by atoms with Crippen molar-refractivity contribution in [2.45, 2.75) is 5.88 Å². The predicted molar refractivity (Wildman–Crippen MR) is 90.7 cm³/mol. The van der Waals surface area contributed by atoms with Crippen LogP contribution in [0.25, 0.3) is 16.7 Å². The summed E-state index contributed by atoms with van der Waals surface area (Å²) >= 11 is 13.0. The van der Waals surface area contributed by atoms with Crippen LogP contribution in [0.4, 0.5) is 0 Å². The molecular weight excluding hydrogens is 417 g/mol. The van der Waals surface area contributed by atoms with E-state index < -0.39 is 0 Å². The summed E-state index contributed by atoms with van der Waals surface area (Å²) in [5.74, 6) is 1.03. The van der Waals surface area contributed by atoms with Crippen molar-refractivity contribution < 1.29 is 0 Å². The van der Waals surface area contributed by atoms with Gasteiger partial charge in [0.05, 0.1) is 34.2 Å². The Morgan fingerprint density at radius 2 is 2.00 bits per heavy atom. The molecule has 3 nitrogen and oxygen atoms in total. The second kappa shape index (κ2) is 5.80. The third-order valence-electron chi connectivity index (χ3n) is 3.12. The van der Waals surface area contributed by atoms with Gasteiger partial charge in [-0.25, -0.2) is 4.98 Å². The number of nitriles is 1. The zero-order valence-electron chi connectivity index (χ0n) is 10.6. The maximum Gasteiger partial charge on any atom is 0.129 e. The molecule has 0 amide bonds. The Labute approximate surface area is 143 Å². The molecular formula is C15H8Br2ClN3. The second-order valence-electron chi connectivity index (χ2n) is 4.41. The number of hydrogen-bond acceptors (Lipinski definition) is 2. The smallest absolute Gasteiger partial charge is 0.129 e. The van der Waals surface area contributed by atoms with E-state index in [0.29, 0.717) is 11.4 Å². The zero-order chi connectivity index (χ0) is 15.0. The molecule has 0 aliphatic heterocycles. The van der Waals surface area contributed by atoms with Crippen molar-refractivity contribution in [3.63, 3.8) is 0 Å². The maximum absolute atomic E-state index is 9.09. The van der Waals surface area contributed by atoms with Gasteiger partial charge in [-0.2, -0.15) is 5.26 Å². The molecule has 0 radical (unpaired) electrons. The first-order valence-electron chi connectivity index (χ1n) is 6.07. The van der Waals surface area contributed by atoms with Crippen LogP contribution in [0.5, 0.6) is 0 Å². The van der Waals surface area contributed by atoms with Crippen molar-refractivity contribution in [3.05, 3.63) is 56.7 Å². The van der Waals surface area contributed by atoms with E-state index >= 15 is 0 Å². The van der Waals surface area contributed by atoms with E-state index in [1.807, 2.05) is 34.9 Å². The van der Waals surface area contributed by atoms with Crippen LogP contribution in [0.1, 0.15) is 11.4 Å². The lowest BCUT2D eigenvalue weighted by atomic mass is 10.2. The zero-order valence-corrected chi connectivity index (χ0v) is 14.6. The van der Waals surface area contributed by atoms with Gasteiger partial charge >= 0.3 is 0 Å². The molecule has 3 aromatic rings. The summed E-state index contributed by atoms with van der Waals surface area (Å²) in [5.41, 5.74) is 3.22.